The number of nitrogens with one attached hydrogen (secondary N) is 2. The minimum Gasteiger partial charge on any atom is -0.478 e. The Bertz CT molecular complexity index is 1080. The molecule has 136 valence electrons. The van der Waals surface area contributed by atoms with Gasteiger partial charge in [0.1, 0.15) is 0 Å². The molecule has 0 saturated carbocycles. The molecule has 5 nitrogen and oxygen atoms in total. The Balaban J connectivity index is 1.91. The fourth-order valence-electron chi connectivity index (χ4n) is 3.45. The molecule has 6 heteroatoms. The summed E-state index contributed by atoms with van der Waals surface area (Å²) < 4.78 is 0. The van der Waals surface area contributed by atoms with Gasteiger partial charge < -0.3 is 20.5 Å². The second-order valence-electron chi connectivity index (χ2n) is 6.47. The van der Waals surface area contributed by atoms with Crippen molar-refractivity contribution in [3.05, 3.63) is 76.1 Å². The molecule has 1 aliphatic heterocycles. The van der Waals surface area contributed by atoms with Crippen LogP contribution in [0, 0.1) is 6.92 Å². The summed E-state index contributed by atoms with van der Waals surface area (Å²) in [6, 6.07) is 14.8. The number of aliphatic hydroxyl groups is 1. The summed E-state index contributed by atoms with van der Waals surface area (Å²) in [5, 5.41) is 23.7. The number of carboxylic acids is 1. The van der Waals surface area contributed by atoms with Gasteiger partial charge in [0.2, 0.25) is 0 Å². The van der Waals surface area contributed by atoms with Gasteiger partial charge in [-0.2, -0.15) is 0 Å². The second kappa shape index (κ2) is 6.61. The number of halogens is 1. The molecule has 1 unspecified atom stereocenters. The number of aromatic nitrogens is 1. The molecular weight excluding hydrogens is 364 g/mol. The van der Waals surface area contributed by atoms with E-state index in [0.717, 1.165) is 28.1 Å². The minimum atomic E-state index is -1.02. The maximum absolute atomic E-state index is 11.5. The van der Waals surface area contributed by atoms with Crippen LogP contribution in [0.5, 0.6) is 0 Å². The molecule has 2 aromatic carbocycles. The van der Waals surface area contributed by atoms with Crippen LogP contribution >= 0.6 is 11.6 Å². The van der Waals surface area contributed by atoms with E-state index in [2.05, 4.69) is 10.3 Å². The average molecular weight is 381 g/mol. The van der Waals surface area contributed by atoms with Gasteiger partial charge in [0.15, 0.2) is 6.23 Å². The standard InChI is InChI=1S/C21H17ClN2O3/c1-11-8-15(21(26)27)18(23-11)10-16-19-14(12-4-2-5-13(22)9-12)6-3-7-17(19)24-20(16)25/h2-10,20,23-25H,1H3,(H,26,27). The Morgan fingerprint density at radius 1 is 1.19 bits per heavy atom. The number of carbonyl (C=O) groups is 1. The molecule has 4 rings (SSSR count). The highest BCUT2D eigenvalue weighted by Gasteiger charge is 2.28. The van der Waals surface area contributed by atoms with E-state index >= 15 is 0 Å². The summed E-state index contributed by atoms with van der Waals surface area (Å²) in [6.45, 7) is 1.79. The maximum Gasteiger partial charge on any atom is 0.337 e. The molecule has 1 aliphatic rings. The van der Waals surface area contributed by atoms with Crippen molar-refractivity contribution < 1.29 is 15.0 Å². The first-order valence-electron chi connectivity index (χ1n) is 8.42. The second-order valence-corrected chi connectivity index (χ2v) is 6.91. The van der Waals surface area contributed by atoms with Crippen molar-refractivity contribution in [3.63, 3.8) is 0 Å². The summed E-state index contributed by atoms with van der Waals surface area (Å²) in [4.78, 5) is 14.6. The Labute approximate surface area is 160 Å². The molecule has 0 radical (unpaired) electrons. The lowest BCUT2D eigenvalue weighted by Gasteiger charge is -2.10. The first kappa shape index (κ1) is 17.4. The van der Waals surface area contributed by atoms with E-state index in [-0.39, 0.29) is 5.56 Å². The van der Waals surface area contributed by atoms with Gasteiger partial charge in [-0.1, -0.05) is 35.9 Å². The van der Waals surface area contributed by atoms with Crippen molar-refractivity contribution in [2.45, 2.75) is 13.2 Å². The van der Waals surface area contributed by atoms with Crippen LogP contribution in [0.15, 0.2) is 48.5 Å². The molecule has 0 fully saturated rings. The number of rotatable bonds is 3. The fourth-order valence-corrected chi connectivity index (χ4v) is 3.64. The van der Waals surface area contributed by atoms with Crippen LogP contribution in [0.25, 0.3) is 22.8 Å². The SMILES string of the molecule is Cc1cc(C(=O)O)c(C=C2c3c(cccc3-c3cccc(Cl)c3)NC2O)[nH]1. The van der Waals surface area contributed by atoms with Crippen molar-refractivity contribution in [2.75, 3.05) is 5.32 Å². The third-order valence-electron chi connectivity index (χ3n) is 4.59. The normalized spacial score (nSPS) is 17.0. The van der Waals surface area contributed by atoms with E-state index in [1.165, 1.54) is 0 Å². The molecule has 27 heavy (non-hydrogen) atoms. The van der Waals surface area contributed by atoms with E-state index in [1.807, 2.05) is 36.4 Å². The van der Waals surface area contributed by atoms with Crippen LogP contribution in [-0.4, -0.2) is 27.4 Å². The van der Waals surface area contributed by atoms with Gasteiger partial charge in [0.05, 0.1) is 11.3 Å². The number of aromatic carboxylic acids is 1. The number of anilines is 1. The molecule has 0 saturated heterocycles. The Morgan fingerprint density at radius 3 is 2.70 bits per heavy atom. The highest BCUT2D eigenvalue weighted by molar-refractivity contribution is 6.30. The molecule has 0 amide bonds. The van der Waals surface area contributed by atoms with Gasteiger partial charge >= 0.3 is 5.97 Å². The van der Waals surface area contributed by atoms with Crippen LogP contribution in [0.3, 0.4) is 0 Å². The molecular formula is C21H17ClN2O3. The Hall–Kier alpha value is -3.02. The number of aryl methyl sites for hydroxylation is 1. The molecule has 3 aromatic rings. The number of aliphatic hydroxyl groups excluding tert-OH is 1. The predicted molar refractivity (Wildman–Crippen MR) is 107 cm³/mol. The lowest BCUT2D eigenvalue weighted by Crippen LogP contribution is -2.12. The van der Waals surface area contributed by atoms with Crippen LogP contribution < -0.4 is 5.32 Å². The predicted octanol–water partition coefficient (Wildman–Crippen LogP) is 4.63. The molecule has 1 aromatic heterocycles. The molecule has 1 atom stereocenters. The minimum absolute atomic E-state index is 0.167. The van der Waals surface area contributed by atoms with Gasteiger partial charge in [-0.25, -0.2) is 4.79 Å². The van der Waals surface area contributed by atoms with Gasteiger partial charge in [-0.05, 0) is 48.4 Å². The number of aromatic amines is 1. The zero-order valence-corrected chi connectivity index (χ0v) is 15.2. The van der Waals surface area contributed by atoms with Crippen LogP contribution in [0.1, 0.15) is 27.3 Å². The number of hydrogen-bond donors (Lipinski definition) is 4. The van der Waals surface area contributed by atoms with E-state index in [4.69, 9.17) is 11.6 Å². The van der Waals surface area contributed by atoms with E-state index < -0.39 is 12.2 Å². The zero-order valence-electron chi connectivity index (χ0n) is 14.5. The van der Waals surface area contributed by atoms with E-state index in [1.54, 1.807) is 25.1 Å². The largest absolute Gasteiger partial charge is 0.478 e. The fraction of sp³-hybridized carbons (Fsp3) is 0.0952. The average Bonchev–Trinajstić information content (AvgIpc) is 3.15. The van der Waals surface area contributed by atoms with Crippen molar-refractivity contribution in [3.8, 4) is 11.1 Å². The highest BCUT2D eigenvalue weighted by atomic mass is 35.5. The maximum atomic E-state index is 11.5. The monoisotopic (exact) mass is 380 g/mol. The molecule has 0 bridgehead atoms. The van der Waals surface area contributed by atoms with Crippen molar-refractivity contribution in [1.29, 1.82) is 0 Å². The summed E-state index contributed by atoms with van der Waals surface area (Å²) >= 11 is 6.15. The first-order chi connectivity index (χ1) is 12.9. The van der Waals surface area contributed by atoms with Crippen LogP contribution in [-0.2, 0) is 0 Å². The summed E-state index contributed by atoms with van der Waals surface area (Å²) in [6.07, 6.45) is 0.749. The quantitative estimate of drug-likeness (QED) is 0.534. The third-order valence-corrected chi connectivity index (χ3v) is 4.82. The molecule has 0 spiro atoms. The third kappa shape index (κ3) is 3.12. The smallest absolute Gasteiger partial charge is 0.337 e. The topological polar surface area (TPSA) is 85.3 Å². The van der Waals surface area contributed by atoms with E-state index in [0.29, 0.717) is 16.3 Å². The van der Waals surface area contributed by atoms with Crippen molar-refractivity contribution in [2.24, 2.45) is 0 Å². The van der Waals surface area contributed by atoms with Gasteiger partial charge in [-0.3, -0.25) is 0 Å². The summed E-state index contributed by atoms with van der Waals surface area (Å²) in [5.41, 5.74) is 5.40. The number of benzene rings is 2. The number of H-pyrrole nitrogens is 1. The lowest BCUT2D eigenvalue weighted by atomic mass is 9.94. The van der Waals surface area contributed by atoms with Crippen LogP contribution in [0.2, 0.25) is 5.02 Å². The van der Waals surface area contributed by atoms with Gasteiger partial charge in [0.25, 0.3) is 0 Å². The van der Waals surface area contributed by atoms with Gasteiger partial charge in [0, 0.05) is 27.5 Å². The lowest BCUT2D eigenvalue weighted by molar-refractivity contribution is 0.0697. The van der Waals surface area contributed by atoms with Crippen LogP contribution in [0.4, 0.5) is 5.69 Å². The first-order valence-corrected chi connectivity index (χ1v) is 8.80. The zero-order chi connectivity index (χ0) is 19.1. The van der Waals surface area contributed by atoms with Crippen molar-refractivity contribution >= 4 is 34.9 Å². The number of hydrogen-bond acceptors (Lipinski definition) is 3. The summed E-state index contributed by atoms with van der Waals surface area (Å²) in [5.74, 6) is -1.02. The highest BCUT2D eigenvalue weighted by Crippen LogP contribution is 2.42. The van der Waals surface area contributed by atoms with E-state index in [9.17, 15) is 15.0 Å². The molecule has 2 heterocycles. The molecule has 0 aliphatic carbocycles. The van der Waals surface area contributed by atoms with Gasteiger partial charge in [-0.15, -0.1) is 0 Å². The Morgan fingerprint density at radius 2 is 1.96 bits per heavy atom. The summed E-state index contributed by atoms with van der Waals surface area (Å²) in [7, 11) is 0. The number of carboxylic acid groups (broad SMARTS) is 1. The van der Waals surface area contributed by atoms with Crippen molar-refractivity contribution in [1.82, 2.24) is 4.98 Å². The number of fused-ring (bicyclic) bond motifs is 1. The molecule has 4 N–H and O–H groups in total. The Kier molecular flexibility index (Phi) is 4.26.